The van der Waals surface area contributed by atoms with Crippen LogP contribution in [-0.4, -0.2) is 4.98 Å². The fourth-order valence-corrected chi connectivity index (χ4v) is 5.50. The van der Waals surface area contributed by atoms with Gasteiger partial charge in [0.05, 0.1) is 5.69 Å². The van der Waals surface area contributed by atoms with E-state index in [0.29, 0.717) is 5.92 Å². The van der Waals surface area contributed by atoms with Crippen molar-refractivity contribution in [2.45, 2.75) is 26.7 Å². The first-order valence-corrected chi connectivity index (χ1v) is 11.0. The van der Waals surface area contributed by atoms with Gasteiger partial charge in [0.15, 0.2) is 0 Å². The summed E-state index contributed by atoms with van der Waals surface area (Å²) in [5.41, 5.74) is 6.94. The van der Waals surface area contributed by atoms with E-state index < -0.39 is 0 Å². The Labute approximate surface area is 179 Å². The molecule has 5 rings (SSSR count). The number of hydrogen-bond donors (Lipinski definition) is 0. The van der Waals surface area contributed by atoms with Gasteiger partial charge in [-0.3, -0.25) is 4.98 Å². The number of aromatic nitrogens is 1. The van der Waals surface area contributed by atoms with Gasteiger partial charge in [0, 0.05) is 31.9 Å². The molecule has 30 heavy (non-hydrogen) atoms. The first-order chi connectivity index (χ1) is 14.5. The molecule has 0 aliphatic carbocycles. The van der Waals surface area contributed by atoms with Crippen LogP contribution in [0.2, 0.25) is 0 Å². The molecule has 0 spiro atoms. The van der Waals surface area contributed by atoms with E-state index >= 15 is 0 Å². The largest absolute Gasteiger partial charge is 0.256 e. The minimum atomic E-state index is -0.201. The van der Waals surface area contributed by atoms with Crippen molar-refractivity contribution >= 4 is 31.5 Å². The van der Waals surface area contributed by atoms with Crippen LogP contribution in [0.1, 0.15) is 30.9 Å². The van der Waals surface area contributed by atoms with Gasteiger partial charge in [-0.1, -0.05) is 56.3 Å². The average Bonchev–Trinajstić information content (AvgIpc) is 3.12. The van der Waals surface area contributed by atoms with Crippen molar-refractivity contribution < 1.29 is 4.39 Å². The zero-order valence-electron chi connectivity index (χ0n) is 17.2. The van der Waals surface area contributed by atoms with Crippen LogP contribution in [-0.2, 0) is 0 Å². The number of hydrogen-bond acceptors (Lipinski definition) is 2. The van der Waals surface area contributed by atoms with E-state index in [1.54, 1.807) is 23.5 Å². The van der Waals surface area contributed by atoms with Gasteiger partial charge in [0.2, 0.25) is 0 Å². The number of fused-ring (bicyclic) bond motifs is 3. The molecule has 5 aromatic rings. The molecule has 3 heteroatoms. The van der Waals surface area contributed by atoms with Crippen molar-refractivity contribution in [3.63, 3.8) is 0 Å². The molecule has 0 amide bonds. The second-order valence-electron chi connectivity index (χ2n) is 8.05. The molecule has 1 nitrogen and oxygen atoms in total. The van der Waals surface area contributed by atoms with Crippen molar-refractivity contribution in [1.82, 2.24) is 4.98 Å². The predicted molar refractivity (Wildman–Crippen MR) is 127 cm³/mol. The summed E-state index contributed by atoms with van der Waals surface area (Å²) >= 11 is 1.64. The average molecular weight is 412 g/mol. The van der Waals surface area contributed by atoms with E-state index in [-0.39, 0.29) is 5.82 Å². The summed E-state index contributed by atoms with van der Waals surface area (Å²) in [6.07, 6.45) is 1.97. The lowest BCUT2D eigenvalue weighted by Crippen LogP contribution is -1.95. The smallest absolute Gasteiger partial charge is 0.124 e. The van der Waals surface area contributed by atoms with Crippen LogP contribution in [0.15, 0.2) is 72.9 Å². The van der Waals surface area contributed by atoms with Gasteiger partial charge in [-0.15, -0.1) is 11.3 Å². The minimum absolute atomic E-state index is 0.201. The monoisotopic (exact) mass is 411 g/mol. The fourth-order valence-electron chi connectivity index (χ4n) is 4.22. The molecule has 148 valence electrons. The first kappa shape index (κ1) is 19.0. The molecule has 0 saturated carbocycles. The lowest BCUT2D eigenvalue weighted by molar-refractivity contribution is 0.630. The Hall–Kier alpha value is -3.04. The van der Waals surface area contributed by atoms with Gasteiger partial charge in [-0.05, 0) is 59.4 Å². The van der Waals surface area contributed by atoms with Crippen molar-refractivity contribution in [3.05, 3.63) is 89.9 Å². The maximum absolute atomic E-state index is 14.0. The molecule has 2 heterocycles. The molecule has 3 aromatic carbocycles. The number of aryl methyl sites for hydroxylation is 1. The number of halogens is 1. The fraction of sp³-hybridized carbons (Fsp3) is 0.148. The molecule has 0 radical (unpaired) electrons. The molecular weight excluding hydrogens is 389 g/mol. The van der Waals surface area contributed by atoms with Crippen LogP contribution in [0.25, 0.3) is 42.6 Å². The Bertz CT molecular complexity index is 1380. The van der Waals surface area contributed by atoms with Gasteiger partial charge >= 0.3 is 0 Å². The van der Waals surface area contributed by atoms with E-state index in [4.69, 9.17) is 4.98 Å². The number of benzene rings is 3. The zero-order valence-corrected chi connectivity index (χ0v) is 18.1. The molecule has 0 unspecified atom stereocenters. The van der Waals surface area contributed by atoms with Crippen LogP contribution in [0.4, 0.5) is 4.39 Å². The summed E-state index contributed by atoms with van der Waals surface area (Å²) in [5.74, 6) is 0.231. The highest BCUT2D eigenvalue weighted by Crippen LogP contribution is 2.44. The SMILES string of the molecule is Cc1cnc(-c2ccc(-c3ccccc3)c3c2sc2cc(F)ccc23)cc1C(C)C. The standard InChI is InChI=1S/C27H22FNS/c1-16(2)23-14-24(29-15-17(23)3)21-12-11-20(18-7-5-4-6-8-18)26-22-10-9-19(28)13-25(22)30-27(21)26/h4-16H,1-3H3. The molecule has 0 bridgehead atoms. The Morgan fingerprint density at radius 2 is 1.67 bits per heavy atom. The summed E-state index contributed by atoms with van der Waals surface area (Å²) in [4.78, 5) is 4.76. The van der Waals surface area contributed by atoms with Crippen LogP contribution < -0.4 is 0 Å². The van der Waals surface area contributed by atoms with Crippen molar-refractivity contribution in [3.8, 4) is 22.4 Å². The van der Waals surface area contributed by atoms with E-state index in [1.807, 2.05) is 18.3 Å². The lowest BCUT2D eigenvalue weighted by atomic mass is 9.94. The quantitative estimate of drug-likeness (QED) is 0.291. The van der Waals surface area contributed by atoms with Crippen molar-refractivity contribution in [1.29, 1.82) is 0 Å². The number of rotatable bonds is 3. The molecule has 0 fully saturated rings. The highest BCUT2D eigenvalue weighted by atomic mass is 32.1. The summed E-state index contributed by atoms with van der Waals surface area (Å²) in [5, 5.41) is 2.26. The Kier molecular flexibility index (Phi) is 4.63. The van der Waals surface area contributed by atoms with Crippen molar-refractivity contribution in [2.75, 3.05) is 0 Å². The van der Waals surface area contributed by atoms with Crippen LogP contribution in [0.3, 0.4) is 0 Å². The highest BCUT2D eigenvalue weighted by molar-refractivity contribution is 7.26. The Morgan fingerprint density at radius 3 is 2.43 bits per heavy atom. The normalized spacial score (nSPS) is 11.6. The molecule has 0 N–H and O–H groups in total. The number of nitrogens with zero attached hydrogens (tertiary/aromatic N) is 1. The van der Waals surface area contributed by atoms with Crippen molar-refractivity contribution in [2.24, 2.45) is 0 Å². The van der Waals surface area contributed by atoms with Crippen LogP contribution in [0, 0.1) is 12.7 Å². The highest BCUT2D eigenvalue weighted by Gasteiger charge is 2.17. The first-order valence-electron chi connectivity index (χ1n) is 10.2. The third-order valence-corrected chi connectivity index (χ3v) is 6.90. The van der Waals surface area contributed by atoms with E-state index in [9.17, 15) is 4.39 Å². The summed E-state index contributed by atoms with van der Waals surface area (Å²) in [6.45, 7) is 6.53. The van der Waals surface area contributed by atoms with Crippen LogP contribution >= 0.6 is 11.3 Å². The van der Waals surface area contributed by atoms with Gasteiger partial charge in [-0.2, -0.15) is 0 Å². The van der Waals surface area contributed by atoms with E-state index in [1.165, 1.54) is 22.1 Å². The minimum Gasteiger partial charge on any atom is -0.256 e. The molecule has 0 atom stereocenters. The summed E-state index contributed by atoms with van der Waals surface area (Å²) < 4.78 is 16.1. The van der Waals surface area contributed by atoms with E-state index in [0.717, 1.165) is 31.6 Å². The summed E-state index contributed by atoms with van der Waals surface area (Å²) in [7, 11) is 0. The van der Waals surface area contributed by atoms with Gasteiger partial charge < -0.3 is 0 Å². The molecular formula is C27H22FNS. The molecule has 0 aliphatic rings. The third kappa shape index (κ3) is 3.10. The van der Waals surface area contributed by atoms with Gasteiger partial charge in [-0.25, -0.2) is 4.39 Å². The predicted octanol–water partition coefficient (Wildman–Crippen LogP) is 8.35. The number of thiophene rings is 1. The number of pyridine rings is 1. The second kappa shape index (κ2) is 7.33. The van der Waals surface area contributed by atoms with Gasteiger partial charge in [0.25, 0.3) is 0 Å². The maximum atomic E-state index is 14.0. The van der Waals surface area contributed by atoms with E-state index in [2.05, 4.69) is 63.2 Å². The summed E-state index contributed by atoms with van der Waals surface area (Å²) in [6, 6.07) is 22.0. The zero-order chi connectivity index (χ0) is 20.8. The topological polar surface area (TPSA) is 12.9 Å². The van der Waals surface area contributed by atoms with Crippen LogP contribution in [0.5, 0.6) is 0 Å². The molecule has 0 aliphatic heterocycles. The second-order valence-corrected chi connectivity index (χ2v) is 9.11. The molecule has 2 aromatic heterocycles. The Balaban J connectivity index is 1.86. The third-order valence-electron chi connectivity index (χ3n) is 5.71. The molecule has 0 saturated heterocycles. The maximum Gasteiger partial charge on any atom is 0.124 e. The van der Waals surface area contributed by atoms with Gasteiger partial charge in [0.1, 0.15) is 5.82 Å². The Morgan fingerprint density at radius 1 is 0.900 bits per heavy atom. The lowest BCUT2D eigenvalue weighted by Gasteiger charge is -2.13.